The average Bonchev–Trinajstić information content (AvgIpc) is 2.62. The van der Waals surface area contributed by atoms with Crippen molar-refractivity contribution >= 4 is 12.2 Å². The number of aldehydes is 1. The number of rotatable bonds is 10. The third kappa shape index (κ3) is 7.27. The molecule has 0 spiro atoms. The Labute approximate surface area is 147 Å². The summed E-state index contributed by atoms with van der Waals surface area (Å²) in [5.74, 6) is -0.455. The van der Waals surface area contributed by atoms with Crippen molar-refractivity contribution in [2.45, 2.75) is 25.9 Å². The van der Waals surface area contributed by atoms with Crippen LogP contribution < -0.4 is 5.32 Å². The highest BCUT2D eigenvalue weighted by Crippen LogP contribution is 2.07. The SMILES string of the molecule is O=CCc1ccc(CCCNC(=O)COCc2ccc(F)cc2)cc1. The number of hydrogen-bond acceptors (Lipinski definition) is 3. The topological polar surface area (TPSA) is 55.4 Å². The van der Waals surface area contributed by atoms with Gasteiger partial charge in [-0.2, -0.15) is 0 Å². The second-order valence-corrected chi connectivity index (χ2v) is 5.76. The van der Waals surface area contributed by atoms with E-state index in [4.69, 9.17) is 4.74 Å². The molecule has 0 aliphatic carbocycles. The zero-order valence-electron chi connectivity index (χ0n) is 14.0. The fraction of sp³-hybridized carbons (Fsp3) is 0.300. The van der Waals surface area contributed by atoms with Gasteiger partial charge in [0.05, 0.1) is 6.61 Å². The largest absolute Gasteiger partial charge is 0.367 e. The third-order valence-electron chi connectivity index (χ3n) is 3.72. The number of nitrogens with one attached hydrogen (secondary N) is 1. The van der Waals surface area contributed by atoms with E-state index in [1.807, 2.05) is 24.3 Å². The van der Waals surface area contributed by atoms with Gasteiger partial charge in [-0.3, -0.25) is 4.79 Å². The van der Waals surface area contributed by atoms with Gasteiger partial charge in [0.1, 0.15) is 18.7 Å². The quantitative estimate of drug-likeness (QED) is 0.533. The molecule has 0 fully saturated rings. The Morgan fingerprint density at radius 1 is 1.00 bits per heavy atom. The van der Waals surface area contributed by atoms with Crippen molar-refractivity contribution in [1.82, 2.24) is 5.32 Å². The fourth-order valence-corrected chi connectivity index (χ4v) is 2.35. The van der Waals surface area contributed by atoms with Crippen molar-refractivity contribution in [2.24, 2.45) is 0 Å². The highest BCUT2D eigenvalue weighted by Gasteiger charge is 2.02. The number of benzene rings is 2. The Kier molecular flexibility index (Phi) is 7.79. The summed E-state index contributed by atoms with van der Waals surface area (Å²) in [6.07, 6.45) is 3.02. The van der Waals surface area contributed by atoms with E-state index in [1.54, 1.807) is 12.1 Å². The summed E-state index contributed by atoms with van der Waals surface area (Å²) in [6.45, 7) is 0.841. The molecule has 0 heterocycles. The molecule has 132 valence electrons. The van der Waals surface area contributed by atoms with Crippen molar-refractivity contribution in [3.05, 3.63) is 71.0 Å². The molecule has 1 amide bonds. The first-order valence-corrected chi connectivity index (χ1v) is 8.27. The van der Waals surface area contributed by atoms with E-state index in [9.17, 15) is 14.0 Å². The summed E-state index contributed by atoms with van der Waals surface area (Å²) in [5.41, 5.74) is 3.01. The lowest BCUT2D eigenvalue weighted by Gasteiger charge is -2.07. The first-order valence-electron chi connectivity index (χ1n) is 8.27. The molecule has 2 aromatic rings. The van der Waals surface area contributed by atoms with Crippen LogP contribution in [0.25, 0.3) is 0 Å². The molecule has 0 bridgehead atoms. The highest BCUT2D eigenvalue weighted by molar-refractivity contribution is 5.77. The maximum absolute atomic E-state index is 12.8. The van der Waals surface area contributed by atoms with Gasteiger partial charge in [-0.25, -0.2) is 4.39 Å². The van der Waals surface area contributed by atoms with Crippen molar-refractivity contribution < 1.29 is 18.7 Å². The molecule has 0 radical (unpaired) electrons. The zero-order valence-corrected chi connectivity index (χ0v) is 14.0. The normalized spacial score (nSPS) is 10.4. The second-order valence-electron chi connectivity index (χ2n) is 5.76. The van der Waals surface area contributed by atoms with E-state index in [-0.39, 0.29) is 24.9 Å². The predicted octanol–water partition coefficient (Wildman–Crippen LogP) is 2.83. The van der Waals surface area contributed by atoms with Crippen molar-refractivity contribution in [3.8, 4) is 0 Å². The molecule has 2 rings (SSSR count). The smallest absolute Gasteiger partial charge is 0.246 e. The highest BCUT2D eigenvalue weighted by atomic mass is 19.1. The van der Waals surface area contributed by atoms with E-state index in [0.29, 0.717) is 13.0 Å². The van der Waals surface area contributed by atoms with E-state index < -0.39 is 0 Å². The summed E-state index contributed by atoms with van der Waals surface area (Å²) >= 11 is 0. The number of carbonyl (C=O) groups is 2. The molecule has 0 saturated heterocycles. The van der Waals surface area contributed by atoms with Crippen LogP contribution in [-0.2, 0) is 33.8 Å². The van der Waals surface area contributed by atoms with Gasteiger partial charge < -0.3 is 14.8 Å². The first-order chi connectivity index (χ1) is 12.2. The summed E-state index contributed by atoms with van der Waals surface area (Å²) in [4.78, 5) is 22.1. The maximum atomic E-state index is 12.8. The van der Waals surface area contributed by atoms with Crippen LogP contribution >= 0.6 is 0 Å². The molecule has 25 heavy (non-hydrogen) atoms. The Hall–Kier alpha value is -2.53. The Morgan fingerprint density at radius 2 is 1.64 bits per heavy atom. The van der Waals surface area contributed by atoms with E-state index in [0.717, 1.165) is 30.3 Å². The molecule has 0 aromatic heterocycles. The minimum absolute atomic E-state index is 0.0161. The van der Waals surface area contributed by atoms with Crippen LogP contribution in [0.1, 0.15) is 23.1 Å². The zero-order chi connectivity index (χ0) is 17.9. The van der Waals surface area contributed by atoms with Gasteiger partial charge in [-0.15, -0.1) is 0 Å². The van der Waals surface area contributed by atoms with Crippen LogP contribution in [0.2, 0.25) is 0 Å². The number of carbonyl (C=O) groups excluding carboxylic acids is 2. The van der Waals surface area contributed by atoms with Crippen LogP contribution in [0.5, 0.6) is 0 Å². The first kappa shape index (κ1) is 18.8. The number of hydrogen-bond donors (Lipinski definition) is 1. The van der Waals surface area contributed by atoms with E-state index in [1.165, 1.54) is 17.7 Å². The molecule has 1 N–H and O–H groups in total. The van der Waals surface area contributed by atoms with Crippen LogP contribution in [0.4, 0.5) is 4.39 Å². The van der Waals surface area contributed by atoms with Gasteiger partial charge in [-0.1, -0.05) is 36.4 Å². The van der Waals surface area contributed by atoms with E-state index >= 15 is 0 Å². The lowest BCUT2D eigenvalue weighted by Crippen LogP contribution is -2.28. The summed E-state index contributed by atoms with van der Waals surface area (Å²) in [5, 5.41) is 2.81. The fourth-order valence-electron chi connectivity index (χ4n) is 2.35. The summed E-state index contributed by atoms with van der Waals surface area (Å²) in [6, 6.07) is 13.9. The van der Waals surface area contributed by atoms with Crippen molar-refractivity contribution in [1.29, 1.82) is 0 Å². The molecule has 0 atom stereocenters. The third-order valence-corrected chi connectivity index (χ3v) is 3.72. The summed E-state index contributed by atoms with van der Waals surface area (Å²) < 4.78 is 18.1. The Balaban J connectivity index is 1.57. The molecule has 0 saturated carbocycles. The number of amides is 1. The van der Waals surface area contributed by atoms with Gasteiger partial charge >= 0.3 is 0 Å². The molecule has 5 heteroatoms. The molecular weight excluding hydrogens is 321 g/mol. The predicted molar refractivity (Wildman–Crippen MR) is 93.6 cm³/mol. The van der Waals surface area contributed by atoms with E-state index in [2.05, 4.69) is 5.32 Å². The van der Waals surface area contributed by atoms with Gasteiger partial charge in [0.2, 0.25) is 5.91 Å². The second kappa shape index (κ2) is 10.4. The molecule has 0 aliphatic rings. The maximum Gasteiger partial charge on any atom is 0.246 e. The minimum Gasteiger partial charge on any atom is -0.367 e. The monoisotopic (exact) mass is 343 g/mol. The lowest BCUT2D eigenvalue weighted by molar-refractivity contribution is -0.126. The van der Waals surface area contributed by atoms with Gasteiger partial charge in [0, 0.05) is 13.0 Å². The van der Waals surface area contributed by atoms with Crippen LogP contribution in [0.15, 0.2) is 48.5 Å². The number of halogens is 1. The molecule has 0 aliphatic heterocycles. The Morgan fingerprint density at radius 3 is 2.32 bits per heavy atom. The summed E-state index contributed by atoms with van der Waals surface area (Å²) in [7, 11) is 0. The Bertz CT molecular complexity index is 668. The standard InChI is InChI=1S/C20H22FNO3/c21-19-9-7-18(8-10-19)14-25-15-20(24)22-12-1-2-16-3-5-17(6-4-16)11-13-23/h3-10,13H,1-2,11-12,14-15H2,(H,22,24). The molecule has 2 aromatic carbocycles. The number of ether oxygens (including phenoxy) is 1. The van der Waals surface area contributed by atoms with Gasteiger partial charge in [0.15, 0.2) is 0 Å². The van der Waals surface area contributed by atoms with Gasteiger partial charge in [-0.05, 0) is 41.7 Å². The van der Waals surface area contributed by atoms with Crippen molar-refractivity contribution in [3.63, 3.8) is 0 Å². The lowest BCUT2D eigenvalue weighted by atomic mass is 10.1. The van der Waals surface area contributed by atoms with Crippen LogP contribution in [0, 0.1) is 5.82 Å². The molecule has 4 nitrogen and oxygen atoms in total. The van der Waals surface area contributed by atoms with Crippen molar-refractivity contribution in [2.75, 3.05) is 13.2 Å². The molecular formula is C20H22FNO3. The number of aryl methyl sites for hydroxylation is 1. The van der Waals surface area contributed by atoms with Crippen LogP contribution in [0.3, 0.4) is 0 Å². The average molecular weight is 343 g/mol. The molecule has 0 unspecified atom stereocenters. The van der Waals surface area contributed by atoms with Crippen LogP contribution in [-0.4, -0.2) is 25.3 Å². The van der Waals surface area contributed by atoms with Gasteiger partial charge in [0.25, 0.3) is 0 Å². The minimum atomic E-state index is -0.292.